The van der Waals surface area contributed by atoms with Gasteiger partial charge >= 0.3 is 5.97 Å². The first-order valence-corrected chi connectivity index (χ1v) is 9.08. The van der Waals surface area contributed by atoms with Crippen molar-refractivity contribution in [2.24, 2.45) is 11.1 Å². The van der Waals surface area contributed by atoms with E-state index in [2.05, 4.69) is 9.89 Å². The van der Waals surface area contributed by atoms with Crippen LogP contribution in [0.15, 0.2) is 22.2 Å². The van der Waals surface area contributed by atoms with Gasteiger partial charge in [-0.05, 0) is 18.6 Å². The Morgan fingerprint density at radius 2 is 2.17 bits per heavy atom. The summed E-state index contributed by atoms with van der Waals surface area (Å²) in [6.45, 7) is 0.483. The number of oxime groups is 1. The van der Waals surface area contributed by atoms with Gasteiger partial charge in [0.05, 0.1) is 40.8 Å². The number of esters is 1. The predicted molar refractivity (Wildman–Crippen MR) is 81.4 cm³/mol. The molecule has 2 aliphatic heterocycles. The van der Waals surface area contributed by atoms with E-state index in [0.29, 0.717) is 18.7 Å². The summed E-state index contributed by atoms with van der Waals surface area (Å²) in [6.07, 6.45) is 1.15. The Hall–Kier alpha value is -1.64. The van der Waals surface area contributed by atoms with E-state index < -0.39 is 22.1 Å². The molecule has 0 N–H and O–H groups in total. The van der Waals surface area contributed by atoms with Crippen molar-refractivity contribution in [1.82, 2.24) is 0 Å². The lowest BCUT2D eigenvalue weighted by Gasteiger charge is -2.15. The number of methoxy groups -OCH3 is 1. The van der Waals surface area contributed by atoms with Gasteiger partial charge in [-0.15, -0.1) is 0 Å². The van der Waals surface area contributed by atoms with E-state index in [1.165, 1.54) is 19.2 Å². The molecular formula is C14H14ClNO6S. The maximum atomic E-state index is 12.1. The summed E-state index contributed by atoms with van der Waals surface area (Å²) in [5.41, 5.74) is 0.625. The third-order valence-corrected chi connectivity index (χ3v) is 5.34. The highest BCUT2D eigenvalue weighted by molar-refractivity contribution is 7.90. The first-order valence-electron chi connectivity index (χ1n) is 6.81. The van der Waals surface area contributed by atoms with Gasteiger partial charge < -0.3 is 14.3 Å². The average Bonchev–Trinajstić information content (AvgIpc) is 3.08. The summed E-state index contributed by atoms with van der Waals surface area (Å²) in [5, 5.41) is 3.92. The lowest BCUT2D eigenvalue weighted by molar-refractivity contribution is -0.106. The van der Waals surface area contributed by atoms with Gasteiger partial charge in [0.25, 0.3) is 0 Å². The fourth-order valence-corrected chi connectivity index (χ4v) is 4.00. The van der Waals surface area contributed by atoms with Crippen molar-refractivity contribution in [3.63, 3.8) is 0 Å². The Kier molecular flexibility index (Phi) is 4.07. The lowest BCUT2D eigenvalue weighted by atomic mass is 9.94. The molecule has 2 unspecified atom stereocenters. The molecule has 1 aromatic rings. The van der Waals surface area contributed by atoms with Crippen molar-refractivity contribution in [1.29, 1.82) is 0 Å². The van der Waals surface area contributed by atoms with Crippen LogP contribution in [0.1, 0.15) is 22.3 Å². The number of carbonyl (C=O) groups is 1. The van der Waals surface area contributed by atoms with Crippen LogP contribution in [-0.4, -0.2) is 46.4 Å². The number of fused-ring (bicyclic) bond motifs is 1. The van der Waals surface area contributed by atoms with Crippen molar-refractivity contribution >= 4 is 33.1 Å². The first-order chi connectivity index (χ1) is 10.8. The number of hydrogen-bond donors (Lipinski definition) is 0. The predicted octanol–water partition coefficient (Wildman–Crippen LogP) is 1.63. The molecule has 0 aliphatic carbocycles. The molecule has 0 radical (unpaired) electrons. The maximum Gasteiger partial charge on any atom is 0.339 e. The summed E-state index contributed by atoms with van der Waals surface area (Å²) < 4.78 is 34.3. The molecule has 1 saturated heterocycles. The zero-order valence-corrected chi connectivity index (χ0v) is 14.0. The molecule has 124 valence electrons. The molecule has 9 heteroatoms. The molecule has 0 spiro atoms. The number of hydrogen-bond acceptors (Lipinski definition) is 7. The minimum Gasteiger partial charge on any atom is -0.465 e. The van der Waals surface area contributed by atoms with Crippen LogP contribution >= 0.6 is 11.6 Å². The Labute approximate surface area is 138 Å². The standard InChI is InChI=1S/C14H14ClNO6S/c1-20-13(17)7-3-4-9(23(2,18)19)10(11(7)15)12-8-5-6-21-14(8)22-16-12/h3-4,8,14H,5-6H2,1-2H3. The summed E-state index contributed by atoms with van der Waals surface area (Å²) in [4.78, 5) is 17.0. The van der Waals surface area contributed by atoms with Crippen LogP contribution in [0.4, 0.5) is 0 Å². The Bertz CT molecular complexity index is 804. The second-order valence-electron chi connectivity index (χ2n) is 5.28. The Balaban J connectivity index is 2.22. The number of carbonyl (C=O) groups excluding carboxylic acids is 1. The lowest BCUT2D eigenvalue weighted by Crippen LogP contribution is -2.22. The molecule has 3 rings (SSSR count). The summed E-state index contributed by atoms with van der Waals surface area (Å²) in [6, 6.07) is 2.65. The minimum absolute atomic E-state index is 0.00921. The Morgan fingerprint density at radius 1 is 1.43 bits per heavy atom. The van der Waals surface area contributed by atoms with Gasteiger partial charge in [-0.25, -0.2) is 13.2 Å². The van der Waals surface area contributed by atoms with Crippen molar-refractivity contribution < 1.29 is 27.5 Å². The van der Waals surface area contributed by atoms with Crippen LogP contribution in [0.5, 0.6) is 0 Å². The van der Waals surface area contributed by atoms with E-state index in [9.17, 15) is 13.2 Å². The molecule has 0 aromatic heterocycles. The van der Waals surface area contributed by atoms with Crippen LogP contribution in [-0.2, 0) is 24.1 Å². The van der Waals surface area contributed by atoms with E-state index in [1.807, 2.05) is 0 Å². The molecule has 2 heterocycles. The van der Waals surface area contributed by atoms with Gasteiger partial charge in [0, 0.05) is 11.8 Å². The van der Waals surface area contributed by atoms with E-state index in [0.717, 1.165) is 6.26 Å². The van der Waals surface area contributed by atoms with E-state index in [1.54, 1.807) is 0 Å². The van der Waals surface area contributed by atoms with Crippen molar-refractivity contribution in [2.45, 2.75) is 17.6 Å². The molecular weight excluding hydrogens is 346 g/mol. The molecule has 0 bridgehead atoms. The van der Waals surface area contributed by atoms with Gasteiger partial charge in [-0.3, -0.25) is 0 Å². The highest BCUT2D eigenvalue weighted by atomic mass is 35.5. The summed E-state index contributed by atoms with van der Waals surface area (Å²) in [5.74, 6) is -0.879. The summed E-state index contributed by atoms with van der Waals surface area (Å²) >= 11 is 6.32. The second-order valence-corrected chi connectivity index (χ2v) is 7.64. The van der Waals surface area contributed by atoms with Crippen LogP contribution in [0.2, 0.25) is 5.02 Å². The van der Waals surface area contributed by atoms with Gasteiger partial charge in [-0.2, -0.15) is 0 Å². The van der Waals surface area contributed by atoms with Gasteiger partial charge in [0.2, 0.25) is 6.29 Å². The molecule has 2 atom stereocenters. The zero-order valence-electron chi connectivity index (χ0n) is 12.4. The zero-order chi connectivity index (χ0) is 16.8. The van der Waals surface area contributed by atoms with E-state index in [-0.39, 0.29) is 27.0 Å². The van der Waals surface area contributed by atoms with Gasteiger partial charge in [0.1, 0.15) is 0 Å². The molecule has 0 saturated carbocycles. The number of ether oxygens (including phenoxy) is 2. The van der Waals surface area contributed by atoms with E-state index >= 15 is 0 Å². The van der Waals surface area contributed by atoms with Crippen molar-refractivity contribution in [3.05, 3.63) is 28.3 Å². The van der Waals surface area contributed by atoms with Crippen molar-refractivity contribution in [2.75, 3.05) is 20.0 Å². The molecule has 0 amide bonds. The molecule has 7 nitrogen and oxygen atoms in total. The minimum atomic E-state index is -3.59. The van der Waals surface area contributed by atoms with Crippen LogP contribution in [0, 0.1) is 5.92 Å². The average molecular weight is 360 g/mol. The molecule has 1 aromatic carbocycles. The third-order valence-electron chi connectivity index (χ3n) is 3.81. The quantitative estimate of drug-likeness (QED) is 0.762. The number of benzene rings is 1. The second kappa shape index (κ2) is 5.77. The number of nitrogens with zero attached hydrogens (tertiary/aromatic N) is 1. The third kappa shape index (κ3) is 2.71. The highest BCUT2D eigenvalue weighted by Crippen LogP contribution is 2.38. The number of halogens is 1. The SMILES string of the molecule is COC(=O)c1ccc(S(C)(=O)=O)c(C2=NOC3OCCC23)c1Cl. The number of rotatable bonds is 3. The monoisotopic (exact) mass is 359 g/mol. The first kappa shape index (κ1) is 16.2. The highest BCUT2D eigenvalue weighted by Gasteiger charge is 2.42. The largest absolute Gasteiger partial charge is 0.465 e. The summed E-state index contributed by atoms with van der Waals surface area (Å²) in [7, 11) is -2.36. The topological polar surface area (TPSA) is 91.3 Å². The fraction of sp³-hybridized carbons (Fsp3) is 0.429. The van der Waals surface area contributed by atoms with E-state index in [4.69, 9.17) is 21.2 Å². The maximum absolute atomic E-state index is 12.1. The van der Waals surface area contributed by atoms with Crippen molar-refractivity contribution in [3.8, 4) is 0 Å². The number of sulfone groups is 1. The fourth-order valence-electron chi connectivity index (χ4n) is 2.71. The molecule has 1 fully saturated rings. The van der Waals surface area contributed by atoms with Gasteiger partial charge in [-0.1, -0.05) is 16.8 Å². The van der Waals surface area contributed by atoms with Gasteiger partial charge in [0.15, 0.2) is 9.84 Å². The van der Waals surface area contributed by atoms with Crippen LogP contribution < -0.4 is 0 Å². The smallest absolute Gasteiger partial charge is 0.339 e. The Morgan fingerprint density at radius 3 is 2.83 bits per heavy atom. The normalized spacial score (nSPS) is 23.2. The van der Waals surface area contributed by atoms with Crippen LogP contribution in [0.3, 0.4) is 0 Å². The van der Waals surface area contributed by atoms with Crippen LogP contribution in [0.25, 0.3) is 0 Å². The molecule has 2 aliphatic rings. The molecule has 23 heavy (non-hydrogen) atoms.